The van der Waals surface area contributed by atoms with Gasteiger partial charge in [0.15, 0.2) is 0 Å². The average Bonchev–Trinajstić information content (AvgIpc) is 2.99. The molecule has 0 aliphatic rings. The van der Waals surface area contributed by atoms with E-state index in [4.69, 9.17) is 9.26 Å². The Bertz CT molecular complexity index is 656. The summed E-state index contributed by atoms with van der Waals surface area (Å²) >= 11 is 0. The SMILES string of the molecule is CCN(Cc1nc(-c2ccc(OC)cc2)no1)C(=O)C(C)(C)C. The van der Waals surface area contributed by atoms with Gasteiger partial charge < -0.3 is 14.2 Å². The molecule has 1 heterocycles. The summed E-state index contributed by atoms with van der Waals surface area (Å²) in [5, 5.41) is 3.99. The molecule has 0 radical (unpaired) electrons. The normalized spacial score (nSPS) is 11.3. The Labute approximate surface area is 136 Å². The first-order valence-electron chi connectivity index (χ1n) is 7.61. The summed E-state index contributed by atoms with van der Waals surface area (Å²) in [6.45, 7) is 8.54. The van der Waals surface area contributed by atoms with Crippen molar-refractivity contribution in [1.29, 1.82) is 0 Å². The van der Waals surface area contributed by atoms with Crippen LogP contribution in [0, 0.1) is 5.41 Å². The second kappa shape index (κ2) is 6.81. The van der Waals surface area contributed by atoms with E-state index < -0.39 is 5.41 Å². The lowest BCUT2D eigenvalue weighted by Gasteiger charge is -2.27. The maximum atomic E-state index is 12.4. The highest BCUT2D eigenvalue weighted by molar-refractivity contribution is 5.81. The van der Waals surface area contributed by atoms with E-state index >= 15 is 0 Å². The van der Waals surface area contributed by atoms with Gasteiger partial charge in [0, 0.05) is 17.5 Å². The minimum absolute atomic E-state index is 0.0594. The van der Waals surface area contributed by atoms with Crippen molar-refractivity contribution in [1.82, 2.24) is 15.0 Å². The van der Waals surface area contributed by atoms with Gasteiger partial charge >= 0.3 is 0 Å². The van der Waals surface area contributed by atoms with Gasteiger partial charge in [-0.3, -0.25) is 4.79 Å². The van der Waals surface area contributed by atoms with E-state index in [2.05, 4.69) is 10.1 Å². The molecular weight excluding hydrogens is 294 g/mol. The van der Waals surface area contributed by atoms with Gasteiger partial charge in [0.1, 0.15) is 5.75 Å². The Hall–Kier alpha value is -2.37. The molecule has 6 nitrogen and oxygen atoms in total. The third-order valence-electron chi connectivity index (χ3n) is 3.45. The fraction of sp³-hybridized carbons (Fsp3) is 0.471. The van der Waals surface area contributed by atoms with E-state index in [1.807, 2.05) is 52.0 Å². The molecule has 23 heavy (non-hydrogen) atoms. The number of aromatic nitrogens is 2. The van der Waals surface area contributed by atoms with Crippen LogP contribution < -0.4 is 4.74 Å². The van der Waals surface area contributed by atoms with Crippen LogP contribution in [-0.4, -0.2) is 34.6 Å². The molecule has 0 N–H and O–H groups in total. The quantitative estimate of drug-likeness (QED) is 0.847. The molecule has 1 aromatic heterocycles. The Morgan fingerprint density at radius 3 is 2.43 bits per heavy atom. The number of hydrogen-bond acceptors (Lipinski definition) is 5. The van der Waals surface area contributed by atoms with Gasteiger partial charge in [0.05, 0.1) is 13.7 Å². The lowest BCUT2D eigenvalue weighted by molar-refractivity contribution is -0.140. The third kappa shape index (κ3) is 4.09. The molecule has 0 saturated carbocycles. The topological polar surface area (TPSA) is 68.5 Å². The van der Waals surface area contributed by atoms with Crippen LogP contribution >= 0.6 is 0 Å². The maximum Gasteiger partial charge on any atom is 0.246 e. The molecule has 2 rings (SSSR count). The van der Waals surface area contributed by atoms with E-state index in [0.717, 1.165) is 11.3 Å². The smallest absolute Gasteiger partial charge is 0.246 e. The van der Waals surface area contributed by atoms with E-state index in [9.17, 15) is 4.79 Å². The fourth-order valence-electron chi connectivity index (χ4n) is 2.14. The van der Waals surface area contributed by atoms with E-state index in [1.165, 1.54) is 0 Å². The van der Waals surface area contributed by atoms with Gasteiger partial charge in [-0.05, 0) is 31.2 Å². The zero-order valence-electron chi connectivity index (χ0n) is 14.3. The van der Waals surface area contributed by atoms with Crippen LogP contribution in [0.4, 0.5) is 0 Å². The summed E-state index contributed by atoms with van der Waals surface area (Å²) in [4.78, 5) is 18.5. The predicted molar refractivity (Wildman–Crippen MR) is 86.8 cm³/mol. The highest BCUT2D eigenvalue weighted by Gasteiger charge is 2.27. The van der Waals surface area contributed by atoms with E-state index in [0.29, 0.717) is 24.8 Å². The number of amides is 1. The second-order valence-electron chi connectivity index (χ2n) is 6.31. The first-order valence-corrected chi connectivity index (χ1v) is 7.61. The third-order valence-corrected chi connectivity index (χ3v) is 3.45. The standard InChI is InChI=1S/C17H23N3O3/c1-6-20(16(21)17(2,3)4)11-14-18-15(19-23-14)12-7-9-13(22-5)10-8-12/h7-10H,6,11H2,1-5H3. The predicted octanol–water partition coefficient (Wildman–Crippen LogP) is 3.14. The van der Waals surface area contributed by atoms with Crippen molar-refractivity contribution >= 4 is 5.91 Å². The largest absolute Gasteiger partial charge is 0.497 e. The molecule has 0 fully saturated rings. The molecule has 0 unspecified atom stereocenters. The Balaban J connectivity index is 2.13. The monoisotopic (exact) mass is 317 g/mol. The zero-order chi connectivity index (χ0) is 17.0. The molecule has 0 spiro atoms. The van der Waals surface area contributed by atoms with E-state index in [-0.39, 0.29) is 5.91 Å². The molecule has 0 saturated heterocycles. The summed E-state index contributed by atoms with van der Waals surface area (Å²) in [7, 11) is 1.62. The van der Waals surface area contributed by atoms with Gasteiger partial charge in [-0.2, -0.15) is 4.98 Å². The van der Waals surface area contributed by atoms with Crippen LogP contribution in [0.1, 0.15) is 33.6 Å². The highest BCUT2D eigenvalue weighted by Crippen LogP contribution is 2.22. The van der Waals surface area contributed by atoms with Crippen LogP contribution in [0.2, 0.25) is 0 Å². The molecule has 6 heteroatoms. The van der Waals surface area contributed by atoms with Crippen LogP contribution in [0.25, 0.3) is 11.4 Å². The first kappa shape index (κ1) is 17.0. The molecule has 1 amide bonds. The Morgan fingerprint density at radius 1 is 1.26 bits per heavy atom. The van der Waals surface area contributed by atoms with Gasteiger partial charge in [-0.1, -0.05) is 25.9 Å². The molecule has 1 aromatic carbocycles. The summed E-state index contributed by atoms with van der Waals surface area (Å²) in [5.41, 5.74) is 0.403. The molecule has 0 aliphatic heterocycles. The molecular formula is C17H23N3O3. The van der Waals surface area contributed by atoms with Gasteiger partial charge in [0.2, 0.25) is 17.6 Å². The Kier molecular flexibility index (Phi) is 5.03. The Morgan fingerprint density at radius 2 is 1.91 bits per heavy atom. The number of benzene rings is 1. The maximum absolute atomic E-state index is 12.4. The van der Waals surface area contributed by atoms with Crippen LogP contribution in [0.5, 0.6) is 5.75 Å². The zero-order valence-corrected chi connectivity index (χ0v) is 14.3. The van der Waals surface area contributed by atoms with Crippen LogP contribution in [0.15, 0.2) is 28.8 Å². The van der Waals surface area contributed by atoms with Crippen molar-refractivity contribution in [3.05, 3.63) is 30.2 Å². The summed E-state index contributed by atoms with van der Waals surface area (Å²) in [5.74, 6) is 1.76. The number of ether oxygens (including phenoxy) is 1. The van der Waals surface area contributed by atoms with Crippen molar-refractivity contribution in [2.75, 3.05) is 13.7 Å². The van der Waals surface area contributed by atoms with Crippen LogP contribution in [-0.2, 0) is 11.3 Å². The number of methoxy groups -OCH3 is 1. The van der Waals surface area contributed by atoms with Gasteiger partial charge in [-0.25, -0.2) is 0 Å². The lowest BCUT2D eigenvalue weighted by Crippen LogP contribution is -2.38. The van der Waals surface area contributed by atoms with Crippen LogP contribution in [0.3, 0.4) is 0 Å². The second-order valence-corrected chi connectivity index (χ2v) is 6.31. The molecule has 2 aromatic rings. The van der Waals surface area contributed by atoms with Crippen molar-refractivity contribution in [3.8, 4) is 17.1 Å². The minimum Gasteiger partial charge on any atom is -0.497 e. The van der Waals surface area contributed by atoms with Crippen molar-refractivity contribution < 1.29 is 14.1 Å². The number of carbonyl (C=O) groups excluding carboxylic acids is 1. The molecule has 0 atom stereocenters. The fourth-order valence-corrected chi connectivity index (χ4v) is 2.14. The van der Waals surface area contributed by atoms with E-state index in [1.54, 1.807) is 12.0 Å². The number of carbonyl (C=O) groups is 1. The van der Waals surface area contributed by atoms with Gasteiger partial charge in [0.25, 0.3) is 0 Å². The summed E-state index contributed by atoms with van der Waals surface area (Å²) in [6, 6.07) is 7.41. The highest BCUT2D eigenvalue weighted by atomic mass is 16.5. The van der Waals surface area contributed by atoms with Crippen molar-refractivity contribution in [2.45, 2.75) is 34.2 Å². The number of hydrogen-bond donors (Lipinski definition) is 0. The summed E-state index contributed by atoms with van der Waals surface area (Å²) < 4.78 is 10.4. The number of nitrogens with zero attached hydrogens (tertiary/aromatic N) is 3. The summed E-state index contributed by atoms with van der Waals surface area (Å²) in [6.07, 6.45) is 0. The van der Waals surface area contributed by atoms with Crippen molar-refractivity contribution in [2.24, 2.45) is 5.41 Å². The first-order chi connectivity index (χ1) is 10.8. The molecule has 0 aliphatic carbocycles. The van der Waals surface area contributed by atoms with Crippen molar-refractivity contribution in [3.63, 3.8) is 0 Å². The average molecular weight is 317 g/mol. The lowest BCUT2D eigenvalue weighted by atomic mass is 9.95. The molecule has 124 valence electrons. The number of rotatable bonds is 5. The van der Waals surface area contributed by atoms with Gasteiger partial charge in [-0.15, -0.1) is 0 Å². The molecule has 0 bridgehead atoms. The minimum atomic E-state index is -0.436.